The topological polar surface area (TPSA) is 79.2 Å². The van der Waals surface area contributed by atoms with Crippen LogP contribution in [-0.2, 0) is 0 Å². The zero-order chi connectivity index (χ0) is 11.3. The quantitative estimate of drug-likeness (QED) is 0.720. The summed E-state index contributed by atoms with van der Waals surface area (Å²) in [7, 11) is 1.69. The summed E-state index contributed by atoms with van der Waals surface area (Å²) in [6.07, 6.45) is 2.22. The van der Waals surface area contributed by atoms with Gasteiger partial charge in [0.1, 0.15) is 0 Å². The summed E-state index contributed by atoms with van der Waals surface area (Å²) in [6.45, 7) is 1.15. The van der Waals surface area contributed by atoms with E-state index in [1.807, 2.05) is 0 Å². The van der Waals surface area contributed by atoms with Crippen molar-refractivity contribution in [3.05, 3.63) is 34.2 Å². The van der Waals surface area contributed by atoms with E-state index in [0.717, 1.165) is 6.42 Å². The molecular formula is C10H15N3O2. The van der Waals surface area contributed by atoms with Crippen molar-refractivity contribution in [3.63, 3.8) is 0 Å². The molecule has 0 spiro atoms. The number of amides is 1. The highest BCUT2D eigenvalue weighted by Gasteiger charge is 2.10. The molecule has 0 aliphatic rings. The summed E-state index contributed by atoms with van der Waals surface area (Å²) < 4.78 is 0. The summed E-state index contributed by atoms with van der Waals surface area (Å²) in [5.41, 5.74) is 5.48. The van der Waals surface area contributed by atoms with Gasteiger partial charge in [-0.3, -0.25) is 9.59 Å². The molecule has 0 aliphatic heterocycles. The van der Waals surface area contributed by atoms with Crippen LogP contribution >= 0.6 is 0 Å². The van der Waals surface area contributed by atoms with E-state index < -0.39 is 0 Å². The first-order chi connectivity index (χ1) is 7.15. The van der Waals surface area contributed by atoms with Gasteiger partial charge in [-0.25, -0.2) is 0 Å². The smallest absolute Gasteiger partial charge is 0.253 e. The van der Waals surface area contributed by atoms with Crippen molar-refractivity contribution in [2.75, 3.05) is 20.1 Å². The normalized spacial score (nSPS) is 10.0. The van der Waals surface area contributed by atoms with E-state index in [0.29, 0.717) is 18.7 Å². The van der Waals surface area contributed by atoms with Crippen LogP contribution in [0.2, 0.25) is 0 Å². The lowest BCUT2D eigenvalue weighted by atomic mass is 10.2. The van der Waals surface area contributed by atoms with Gasteiger partial charge in [-0.2, -0.15) is 0 Å². The fraction of sp³-hybridized carbons (Fsp3) is 0.400. The SMILES string of the molecule is CN(CCCN)C(=O)c1cc[nH]c(=O)c1. The predicted molar refractivity (Wildman–Crippen MR) is 57.7 cm³/mol. The molecule has 82 valence electrons. The summed E-state index contributed by atoms with van der Waals surface area (Å²) >= 11 is 0. The maximum absolute atomic E-state index is 11.7. The average molecular weight is 209 g/mol. The molecule has 1 aromatic heterocycles. The number of nitrogens with two attached hydrogens (primary N) is 1. The molecule has 0 bridgehead atoms. The number of pyridine rings is 1. The van der Waals surface area contributed by atoms with Crippen molar-refractivity contribution in [1.29, 1.82) is 0 Å². The number of carbonyl (C=O) groups is 1. The van der Waals surface area contributed by atoms with Crippen molar-refractivity contribution in [3.8, 4) is 0 Å². The van der Waals surface area contributed by atoms with E-state index in [-0.39, 0.29) is 11.5 Å². The molecule has 0 aromatic carbocycles. The van der Waals surface area contributed by atoms with E-state index in [1.165, 1.54) is 12.3 Å². The second kappa shape index (κ2) is 5.31. The summed E-state index contributed by atoms with van der Waals surface area (Å²) in [6, 6.07) is 2.88. The van der Waals surface area contributed by atoms with E-state index in [2.05, 4.69) is 4.98 Å². The van der Waals surface area contributed by atoms with E-state index >= 15 is 0 Å². The van der Waals surface area contributed by atoms with Gasteiger partial charge in [0, 0.05) is 31.4 Å². The Labute approximate surface area is 87.9 Å². The highest BCUT2D eigenvalue weighted by Crippen LogP contribution is 1.99. The monoisotopic (exact) mass is 209 g/mol. The minimum Gasteiger partial charge on any atom is -0.342 e. The first-order valence-corrected chi connectivity index (χ1v) is 4.79. The van der Waals surface area contributed by atoms with Gasteiger partial charge >= 0.3 is 0 Å². The number of rotatable bonds is 4. The molecule has 0 saturated heterocycles. The minimum absolute atomic E-state index is 0.158. The molecule has 1 aromatic rings. The lowest BCUT2D eigenvalue weighted by Gasteiger charge is -2.16. The van der Waals surface area contributed by atoms with E-state index in [9.17, 15) is 9.59 Å². The van der Waals surface area contributed by atoms with Gasteiger partial charge in [-0.1, -0.05) is 0 Å². The largest absolute Gasteiger partial charge is 0.342 e. The molecule has 0 saturated carbocycles. The standard InChI is InChI=1S/C10H15N3O2/c1-13(6-2-4-11)10(15)8-3-5-12-9(14)7-8/h3,5,7H,2,4,6,11H2,1H3,(H,12,14). The molecule has 0 aliphatic carbocycles. The Morgan fingerprint density at radius 2 is 2.33 bits per heavy atom. The van der Waals surface area contributed by atoms with Gasteiger partial charge in [-0.05, 0) is 19.0 Å². The number of carbonyl (C=O) groups excluding carboxylic acids is 1. The Morgan fingerprint density at radius 1 is 1.60 bits per heavy atom. The van der Waals surface area contributed by atoms with Crippen LogP contribution in [0.4, 0.5) is 0 Å². The van der Waals surface area contributed by atoms with Crippen LogP contribution in [0.5, 0.6) is 0 Å². The molecular weight excluding hydrogens is 194 g/mol. The number of aromatic nitrogens is 1. The van der Waals surface area contributed by atoms with Crippen LogP contribution in [0, 0.1) is 0 Å². The molecule has 0 atom stereocenters. The van der Waals surface area contributed by atoms with Crippen LogP contribution in [0.1, 0.15) is 16.8 Å². The molecule has 1 amide bonds. The molecule has 15 heavy (non-hydrogen) atoms. The number of nitrogens with one attached hydrogen (secondary N) is 1. The van der Waals surface area contributed by atoms with Crippen molar-refractivity contribution < 1.29 is 4.79 Å². The van der Waals surface area contributed by atoms with E-state index in [1.54, 1.807) is 18.0 Å². The number of H-pyrrole nitrogens is 1. The number of hydrogen-bond acceptors (Lipinski definition) is 3. The molecule has 0 radical (unpaired) electrons. The average Bonchev–Trinajstić information content (AvgIpc) is 2.24. The molecule has 0 unspecified atom stereocenters. The number of hydrogen-bond donors (Lipinski definition) is 2. The van der Waals surface area contributed by atoms with Gasteiger partial charge < -0.3 is 15.6 Å². The molecule has 1 rings (SSSR count). The Hall–Kier alpha value is -1.62. The van der Waals surface area contributed by atoms with Crippen molar-refractivity contribution in [2.24, 2.45) is 5.73 Å². The number of aromatic amines is 1. The van der Waals surface area contributed by atoms with Gasteiger partial charge in [0.15, 0.2) is 0 Å². The molecule has 0 fully saturated rings. The zero-order valence-electron chi connectivity index (χ0n) is 8.69. The van der Waals surface area contributed by atoms with E-state index in [4.69, 9.17) is 5.73 Å². The maximum Gasteiger partial charge on any atom is 0.253 e. The van der Waals surface area contributed by atoms with Crippen molar-refractivity contribution >= 4 is 5.91 Å². The Kier molecular flexibility index (Phi) is 4.05. The Morgan fingerprint density at radius 3 is 2.93 bits per heavy atom. The molecule has 5 heteroatoms. The second-order valence-electron chi connectivity index (χ2n) is 3.31. The second-order valence-corrected chi connectivity index (χ2v) is 3.31. The van der Waals surface area contributed by atoms with Crippen LogP contribution in [0.25, 0.3) is 0 Å². The molecule has 1 heterocycles. The zero-order valence-corrected chi connectivity index (χ0v) is 8.69. The fourth-order valence-corrected chi connectivity index (χ4v) is 1.23. The molecule has 5 nitrogen and oxygen atoms in total. The van der Waals surface area contributed by atoms with Crippen LogP contribution < -0.4 is 11.3 Å². The minimum atomic E-state index is -0.270. The fourth-order valence-electron chi connectivity index (χ4n) is 1.23. The Bertz CT molecular complexity index is 386. The van der Waals surface area contributed by atoms with Crippen LogP contribution in [-0.4, -0.2) is 35.9 Å². The van der Waals surface area contributed by atoms with Gasteiger partial charge in [0.2, 0.25) is 5.56 Å². The third-order valence-corrected chi connectivity index (χ3v) is 2.07. The third-order valence-electron chi connectivity index (χ3n) is 2.07. The maximum atomic E-state index is 11.7. The Balaban J connectivity index is 2.72. The number of nitrogens with zero attached hydrogens (tertiary/aromatic N) is 1. The van der Waals surface area contributed by atoms with Crippen molar-refractivity contribution in [1.82, 2.24) is 9.88 Å². The van der Waals surface area contributed by atoms with Gasteiger partial charge in [0.05, 0.1) is 0 Å². The van der Waals surface area contributed by atoms with Crippen LogP contribution in [0.15, 0.2) is 23.1 Å². The first-order valence-electron chi connectivity index (χ1n) is 4.79. The lowest BCUT2D eigenvalue weighted by Crippen LogP contribution is -2.29. The van der Waals surface area contributed by atoms with Gasteiger partial charge in [0.25, 0.3) is 5.91 Å². The third kappa shape index (κ3) is 3.21. The summed E-state index contributed by atoms with van der Waals surface area (Å²) in [4.78, 5) is 26.7. The summed E-state index contributed by atoms with van der Waals surface area (Å²) in [5, 5.41) is 0. The highest BCUT2D eigenvalue weighted by molar-refractivity contribution is 5.93. The molecule has 3 N–H and O–H groups in total. The van der Waals surface area contributed by atoms with Crippen molar-refractivity contribution in [2.45, 2.75) is 6.42 Å². The summed E-state index contributed by atoms with van der Waals surface area (Å²) in [5.74, 6) is -0.158. The van der Waals surface area contributed by atoms with Gasteiger partial charge in [-0.15, -0.1) is 0 Å². The lowest BCUT2D eigenvalue weighted by molar-refractivity contribution is 0.0794. The first kappa shape index (κ1) is 11.5. The highest BCUT2D eigenvalue weighted by atomic mass is 16.2. The predicted octanol–water partition coefficient (Wildman–Crippen LogP) is -0.204. The van der Waals surface area contributed by atoms with Crippen LogP contribution in [0.3, 0.4) is 0 Å².